The average molecular weight is 392 g/mol. The first-order chi connectivity index (χ1) is 13.3. The van der Waals surface area contributed by atoms with E-state index in [0.717, 1.165) is 12.1 Å². The Morgan fingerprint density at radius 1 is 1.39 bits per heavy atom. The molecular formula is C17H18F2N6O3. The molecular weight excluding hydrogens is 374 g/mol. The number of aromatic nitrogens is 6. The summed E-state index contributed by atoms with van der Waals surface area (Å²) in [5, 5.41) is 23.0. The van der Waals surface area contributed by atoms with Crippen LogP contribution in [0.15, 0.2) is 37.1 Å². The number of carbonyl (C=O) groups excluding carboxylic acids is 1. The Balaban J connectivity index is 2.02. The third-order valence-electron chi connectivity index (χ3n) is 4.35. The van der Waals surface area contributed by atoms with Gasteiger partial charge in [-0.2, -0.15) is 5.10 Å². The van der Waals surface area contributed by atoms with Crippen molar-refractivity contribution in [3.63, 3.8) is 0 Å². The number of esters is 1. The molecule has 0 saturated carbocycles. The minimum Gasteiger partial charge on any atom is -0.461 e. The minimum absolute atomic E-state index is 0.0589. The van der Waals surface area contributed by atoms with E-state index in [0.29, 0.717) is 6.07 Å². The van der Waals surface area contributed by atoms with E-state index >= 15 is 0 Å². The number of hydrogen-bond donors (Lipinski definition) is 1. The molecule has 0 radical (unpaired) electrons. The molecule has 0 amide bonds. The van der Waals surface area contributed by atoms with Gasteiger partial charge < -0.3 is 9.84 Å². The van der Waals surface area contributed by atoms with Gasteiger partial charge in [-0.15, -0.1) is 5.10 Å². The molecule has 1 aromatic carbocycles. The average Bonchev–Trinajstić information content (AvgIpc) is 3.33. The number of rotatable bonds is 7. The van der Waals surface area contributed by atoms with E-state index in [2.05, 4.69) is 20.4 Å². The first kappa shape index (κ1) is 19.5. The predicted octanol–water partition coefficient (Wildman–Crippen LogP) is 1.47. The van der Waals surface area contributed by atoms with Crippen molar-refractivity contribution in [3.8, 4) is 0 Å². The number of hydrogen-bond acceptors (Lipinski definition) is 7. The number of ether oxygens (including phenoxy) is 1. The van der Waals surface area contributed by atoms with E-state index < -0.39 is 29.2 Å². The van der Waals surface area contributed by atoms with Crippen molar-refractivity contribution in [1.82, 2.24) is 29.8 Å². The lowest BCUT2D eigenvalue weighted by atomic mass is 9.86. The normalized spacial score (nSPS) is 14.5. The number of carbonyl (C=O) groups is 1. The highest BCUT2D eigenvalue weighted by Gasteiger charge is 2.41. The molecule has 3 aromatic rings. The Kier molecular flexibility index (Phi) is 5.45. The van der Waals surface area contributed by atoms with Gasteiger partial charge in [-0.1, -0.05) is 11.3 Å². The van der Waals surface area contributed by atoms with E-state index in [-0.39, 0.29) is 24.4 Å². The standard InChI is InChI=1S/C17H18F2N6O3/c1-3-28-16(26)15-7-25(23-22-15)11(2)17(27,8-24-10-20-9-21-24)13-5-4-12(18)6-14(13)19/h4-7,9-11,27H,3,8H2,1-2H3/t11-,17-/m1/s1. The quantitative estimate of drug-likeness (QED) is 0.607. The maximum Gasteiger partial charge on any atom is 0.360 e. The van der Waals surface area contributed by atoms with Gasteiger partial charge in [0.05, 0.1) is 25.4 Å². The van der Waals surface area contributed by atoms with Crippen molar-refractivity contribution in [2.24, 2.45) is 0 Å². The molecule has 148 valence electrons. The Labute approximate surface area is 158 Å². The van der Waals surface area contributed by atoms with E-state index in [9.17, 15) is 18.7 Å². The topological polar surface area (TPSA) is 108 Å². The highest BCUT2D eigenvalue weighted by Crippen LogP contribution is 2.36. The molecule has 2 heterocycles. The van der Waals surface area contributed by atoms with Gasteiger partial charge in [-0.25, -0.2) is 27.9 Å². The molecule has 0 spiro atoms. The summed E-state index contributed by atoms with van der Waals surface area (Å²) in [6, 6.07) is 1.97. The summed E-state index contributed by atoms with van der Waals surface area (Å²) in [6.07, 6.45) is 3.90. The molecule has 0 fully saturated rings. The second kappa shape index (κ2) is 7.80. The summed E-state index contributed by atoms with van der Waals surface area (Å²) >= 11 is 0. The monoisotopic (exact) mass is 392 g/mol. The van der Waals surface area contributed by atoms with Crippen LogP contribution in [0.2, 0.25) is 0 Å². The summed E-state index contributed by atoms with van der Waals surface area (Å²) < 4.78 is 35.3. The molecule has 0 aliphatic carbocycles. The molecule has 0 unspecified atom stereocenters. The molecule has 1 N–H and O–H groups in total. The fraction of sp³-hybridized carbons (Fsp3) is 0.353. The molecule has 0 aliphatic heterocycles. The molecule has 3 rings (SSSR count). The molecule has 11 heteroatoms. The zero-order valence-electron chi connectivity index (χ0n) is 15.2. The van der Waals surface area contributed by atoms with Crippen LogP contribution in [-0.2, 0) is 16.9 Å². The smallest absolute Gasteiger partial charge is 0.360 e. The maximum absolute atomic E-state index is 14.5. The summed E-state index contributed by atoms with van der Waals surface area (Å²) in [5.41, 5.74) is -2.13. The van der Waals surface area contributed by atoms with Gasteiger partial charge in [-0.3, -0.25) is 0 Å². The second-order valence-corrected chi connectivity index (χ2v) is 6.12. The fourth-order valence-electron chi connectivity index (χ4n) is 2.83. The van der Waals surface area contributed by atoms with Crippen LogP contribution in [0.1, 0.15) is 35.9 Å². The second-order valence-electron chi connectivity index (χ2n) is 6.12. The van der Waals surface area contributed by atoms with E-state index in [4.69, 9.17) is 4.74 Å². The van der Waals surface area contributed by atoms with Gasteiger partial charge in [0.2, 0.25) is 0 Å². The number of benzene rings is 1. The van der Waals surface area contributed by atoms with Gasteiger partial charge >= 0.3 is 5.97 Å². The molecule has 0 aliphatic rings. The zero-order chi connectivity index (χ0) is 20.3. The van der Waals surface area contributed by atoms with E-state index in [1.165, 1.54) is 28.2 Å². The van der Waals surface area contributed by atoms with Crippen LogP contribution in [0.3, 0.4) is 0 Å². The van der Waals surface area contributed by atoms with Crippen LogP contribution in [0, 0.1) is 11.6 Å². The first-order valence-corrected chi connectivity index (χ1v) is 8.44. The number of halogens is 2. The fourth-order valence-corrected chi connectivity index (χ4v) is 2.83. The Bertz CT molecular complexity index is 962. The van der Waals surface area contributed by atoms with Crippen LogP contribution in [0.4, 0.5) is 8.78 Å². The van der Waals surface area contributed by atoms with Crippen molar-refractivity contribution in [1.29, 1.82) is 0 Å². The largest absolute Gasteiger partial charge is 0.461 e. The molecule has 0 bridgehead atoms. The minimum atomic E-state index is -1.91. The van der Waals surface area contributed by atoms with Crippen LogP contribution in [-0.4, -0.2) is 47.4 Å². The third-order valence-corrected chi connectivity index (χ3v) is 4.35. The predicted molar refractivity (Wildman–Crippen MR) is 91.0 cm³/mol. The summed E-state index contributed by atoms with van der Waals surface area (Å²) in [5.74, 6) is -2.38. The highest BCUT2D eigenvalue weighted by atomic mass is 19.1. The lowest BCUT2D eigenvalue weighted by molar-refractivity contribution is -0.0374. The van der Waals surface area contributed by atoms with Crippen LogP contribution in [0.5, 0.6) is 0 Å². The number of nitrogens with zero attached hydrogens (tertiary/aromatic N) is 6. The summed E-state index contributed by atoms with van der Waals surface area (Å²) in [4.78, 5) is 15.6. The Morgan fingerprint density at radius 3 is 2.82 bits per heavy atom. The lowest BCUT2D eigenvalue weighted by Crippen LogP contribution is -2.41. The molecule has 2 aromatic heterocycles. The van der Waals surface area contributed by atoms with Gasteiger partial charge in [0.15, 0.2) is 5.69 Å². The molecule has 2 atom stereocenters. The van der Waals surface area contributed by atoms with Crippen molar-refractivity contribution in [2.45, 2.75) is 32.0 Å². The SMILES string of the molecule is CCOC(=O)c1cn([C@H](C)[C@](O)(Cn2cncn2)c2ccc(F)cc2F)nn1. The Morgan fingerprint density at radius 2 is 2.18 bits per heavy atom. The highest BCUT2D eigenvalue weighted by molar-refractivity contribution is 5.86. The van der Waals surface area contributed by atoms with Crippen LogP contribution >= 0.6 is 0 Å². The van der Waals surface area contributed by atoms with Gasteiger partial charge in [0.1, 0.15) is 29.9 Å². The van der Waals surface area contributed by atoms with Gasteiger partial charge in [-0.05, 0) is 19.9 Å². The van der Waals surface area contributed by atoms with Crippen molar-refractivity contribution >= 4 is 5.97 Å². The van der Waals surface area contributed by atoms with E-state index in [1.54, 1.807) is 13.8 Å². The van der Waals surface area contributed by atoms with Crippen molar-refractivity contribution in [2.75, 3.05) is 6.61 Å². The molecule has 0 saturated heterocycles. The maximum atomic E-state index is 14.5. The van der Waals surface area contributed by atoms with Crippen molar-refractivity contribution < 1.29 is 23.4 Å². The third kappa shape index (κ3) is 3.74. The van der Waals surface area contributed by atoms with Crippen LogP contribution in [0.25, 0.3) is 0 Å². The van der Waals surface area contributed by atoms with Gasteiger partial charge in [0.25, 0.3) is 0 Å². The van der Waals surface area contributed by atoms with Crippen LogP contribution < -0.4 is 0 Å². The summed E-state index contributed by atoms with van der Waals surface area (Å²) in [7, 11) is 0. The molecule has 9 nitrogen and oxygen atoms in total. The zero-order valence-corrected chi connectivity index (χ0v) is 15.2. The summed E-state index contributed by atoms with van der Waals surface area (Å²) in [6.45, 7) is 3.17. The first-order valence-electron chi connectivity index (χ1n) is 8.44. The van der Waals surface area contributed by atoms with Gasteiger partial charge in [0, 0.05) is 11.6 Å². The Hall–Kier alpha value is -3.21. The van der Waals surface area contributed by atoms with E-state index in [1.807, 2.05) is 0 Å². The molecule has 28 heavy (non-hydrogen) atoms. The lowest BCUT2D eigenvalue weighted by Gasteiger charge is -2.34. The number of aliphatic hydroxyl groups is 1. The van der Waals surface area contributed by atoms with Crippen molar-refractivity contribution in [3.05, 3.63) is 59.9 Å².